The second-order valence-corrected chi connectivity index (χ2v) is 6.38. The predicted molar refractivity (Wildman–Crippen MR) is 100 cm³/mol. The molecule has 27 heavy (non-hydrogen) atoms. The van der Waals surface area contributed by atoms with Crippen molar-refractivity contribution in [2.75, 3.05) is 23.3 Å². The lowest BCUT2D eigenvalue weighted by atomic mass is 10.1. The monoisotopic (exact) mass is 369 g/mol. The van der Waals surface area contributed by atoms with Crippen LogP contribution in [0.3, 0.4) is 0 Å². The number of carbonyl (C=O) groups is 2. The number of nitro groups is 1. The number of aliphatic carboxylic acids is 1. The Morgan fingerprint density at radius 1 is 1.15 bits per heavy atom. The molecule has 2 aromatic rings. The van der Waals surface area contributed by atoms with Crippen LogP contribution in [-0.2, 0) is 11.2 Å². The van der Waals surface area contributed by atoms with E-state index in [1.807, 2.05) is 4.90 Å². The maximum absolute atomic E-state index is 12.5. The van der Waals surface area contributed by atoms with E-state index < -0.39 is 16.8 Å². The quantitative estimate of drug-likeness (QED) is 0.598. The van der Waals surface area contributed by atoms with Crippen LogP contribution in [0.15, 0.2) is 42.5 Å². The number of carboxylic acid groups (broad SMARTS) is 1. The van der Waals surface area contributed by atoms with E-state index in [2.05, 4.69) is 5.32 Å². The lowest BCUT2D eigenvalue weighted by Crippen LogP contribution is -2.19. The molecular formula is C19H19N3O5. The van der Waals surface area contributed by atoms with Crippen LogP contribution in [0.1, 0.15) is 28.8 Å². The van der Waals surface area contributed by atoms with Gasteiger partial charge in [0.25, 0.3) is 11.6 Å². The van der Waals surface area contributed by atoms with Crippen molar-refractivity contribution in [3.63, 3.8) is 0 Å². The number of benzene rings is 2. The molecule has 0 aliphatic carbocycles. The van der Waals surface area contributed by atoms with Gasteiger partial charge in [-0.3, -0.25) is 19.7 Å². The molecule has 0 saturated carbocycles. The molecule has 0 radical (unpaired) electrons. The summed E-state index contributed by atoms with van der Waals surface area (Å²) in [4.78, 5) is 36.2. The number of carbonyl (C=O) groups excluding carboxylic acids is 1. The molecule has 8 nitrogen and oxygen atoms in total. The molecule has 1 heterocycles. The lowest BCUT2D eigenvalue weighted by molar-refractivity contribution is -0.384. The summed E-state index contributed by atoms with van der Waals surface area (Å²) < 4.78 is 0. The Morgan fingerprint density at radius 2 is 1.89 bits per heavy atom. The Labute approximate surface area is 155 Å². The number of nitrogens with one attached hydrogen (secondary N) is 1. The van der Waals surface area contributed by atoms with E-state index in [4.69, 9.17) is 5.11 Å². The van der Waals surface area contributed by atoms with Crippen LogP contribution in [0.5, 0.6) is 0 Å². The number of rotatable bonds is 6. The molecule has 2 N–H and O–H groups in total. The molecule has 0 bridgehead atoms. The Hall–Kier alpha value is -3.42. The van der Waals surface area contributed by atoms with Crippen molar-refractivity contribution >= 4 is 28.9 Å². The zero-order chi connectivity index (χ0) is 19.4. The summed E-state index contributed by atoms with van der Waals surface area (Å²) in [5, 5.41) is 23.0. The smallest absolute Gasteiger partial charge is 0.307 e. The first kappa shape index (κ1) is 18.4. The van der Waals surface area contributed by atoms with Crippen LogP contribution in [0.4, 0.5) is 17.1 Å². The Morgan fingerprint density at radius 3 is 2.56 bits per heavy atom. The van der Waals surface area contributed by atoms with Crippen molar-refractivity contribution in [1.82, 2.24) is 0 Å². The zero-order valence-corrected chi connectivity index (χ0v) is 14.6. The van der Waals surface area contributed by atoms with Crippen molar-refractivity contribution in [3.8, 4) is 0 Å². The first-order valence-electron chi connectivity index (χ1n) is 8.59. The normalized spacial score (nSPS) is 13.4. The number of nitro benzene ring substituents is 1. The van der Waals surface area contributed by atoms with E-state index in [-0.39, 0.29) is 17.7 Å². The molecular weight excluding hydrogens is 350 g/mol. The predicted octanol–water partition coefficient (Wildman–Crippen LogP) is 3.07. The van der Waals surface area contributed by atoms with Gasteiger partial charge in [0.15, 0.2) is 0 Å². The highest BCUT2D eigenvalue weighted by Gasteiger charge is 2.23. The molecule has 0 spiro atoms. The third-order valence-electron chi connectivity index (χ3n) is 4.42. The SMILES string of the molecule is O=C(O)Cc1cccc(NC(=O)c2ccc(N3CCCC3)c([N+](=O)[O-])c2)c1. The number of carboxylic acids is 1. The highest BCUT2D eigenvalue weighted by atomic mass is 16.6. The molecule has 1 amide bonds. The van der Waals surface area contributed by atoms with Crippen LogP contribution in [0, 0.1) is 10.1 Å². The second kappa shape index (κ2) is 7.86. The van der Waals surface area contributed by atoms with Gasteiger partial charge in [0, 0.05) is 30.4 Å². The fraction of sp³-hybridized carbons (Fsp3) is 0.263. The molecule has 140 valence electrons. The molecule has 0 unspecified atom stereocenters. The summed E-state index contributed by atoms with van der Waals surface area (Å²) >= 11 is 0. The van der Waals surface area contributed by atoms with Crippen LogP contribution in [0.2, 0.25) is 0 Å². The van der Waals surface area contributed by atoms with Gasteiger partial charge in [-0.1, -0.05) is 12.1 Å². The summed E-state index contributed by atoms with van der Waals surface area (Å²) in [5.41, 5.74) is 1.59. The van der Waals surface area contributed by atoms with Gasteiger partial charge in [-0.05, 0) is 42.7 Å². The summed E-state index contributed by atoms with van der Waals surface area (Å²) in [7, 11) is 0. The topological polar surface area (TPSA) is 113 Å². The number of nitrogens with zero attached hydrogens (tertiary/aromatic N) is 2. The van der Waals surface area contributed by atoms with E-state index in [1.165, 1.54) is 6.07 Å². The molecule has 1 saturated heterocycles. The van der Waals surface area contributed by atoms with Crippen molar-refractivity contribution < 1.29 is 19.6 Å². The van der Waals surface area contributed by atoms with Gasteiger partial charge in [0.1, 0.15) is 5.69 Å². The van der Waals surface area contributed by atoms with Crippen molar-refractivity contribution in [3.05, 3.63) is 63.7 Å². The van der Waals surface area contributed by atoms with Gasteiger partial charge in [-0.2, -0.15) is 0 Å². The number of hydrogen-bond donors (Lipinski definition) is 2. The first-order chi connectivity index (χ1) is 12.9. The van der Waals surface area contributed by atoms with Crippen LogP contribution >= 0.6 is 0 Å². The molecule has 8 heteroatoms. The largest absolute Gasteiger partial charge is 0.481 e. The zero-order valence-electron chi connectivity index (χ0n) is 14.6. The number of amides is 1. The standard InChI is InChI=1S/C19H19N3O5/c23-18(24)11-13-4-3-5-15(10-13)20-19(25)14-6-7-16(17(12-14)22(26)27)21-8-1-2-9-21/h3-7,10,12H,1-2,8-9,11H2,(H,20,25)(H,23,24). The maximum atomic E-state index is 12.5. The number of hydrogen-bond acceptors (Lipinski definition) is 5. The first-order valence-corrected chi connectivity index (χ1v) is 8.59. The third-order valence-corrected chi connectivity index (χ3v) is 4.42. The van der Waals surface area contributed by atoms with Crippen molar-refractivity contribution in [1.29, 1.82) is 0 Å². The van der Waals surface area contributed by atoms with E-state index in [0.717, 1.165) is 25.9 Å². The van der Waals surface area contributed by atoms with E-state index >= 15 is 0 Å². The highest BCUT2D eigenvalue weighted by Crippen LogP contribution is 2.31. The Kier molecular flexibility index (Phi) is 5.35. The lowest BCUT2D eigenvalue weighted by Gasteiger charge is -2.17. The van der Waals surface area contributed by atoms with E-state index in [0.29, 0.717) is 16.9 Å². The van der Waals surface area contributed by atoms with Crippen molar-refractivity contribution in [2.45, 2.75) is 19.3 Å². The van der Waals surface area contributed by atoms with Crippen molar-refractivity contribution in [2.24, 2.45) is 0 Å². The van der Waals surface area contributed by atoms with Crippen LogP contribution in [-0.4, -0.2) is 35.0 Å². The molecule has 0 aromatic heterocycles. The molecule has 1 aliphatic rings. The van der Waals surface area contributed by atoms with E-state index in [9.17, 15) is 19.7 Å². The van der Waals surface area contributed by atoms with Gasteiger partial charge < -0.3 is 15.3 Å². The highest BCUT2D eigenvalue weighted by molar-refractivity contribution is 6.05. The maximum Gasteiger partial charge on any atom is 0.307 e. The molecule has 2 aromatic carbocycles. The molecule has 0 atom stereocenters. The van der Waals surface area contributed by atoms with Gasteiger partial charge >= 0.3 is 5.97 Å². The van der Waals surface area contributed by atoms with E-state index in [1.54, 1.807) is 36.4 Å². The second-order valence-electron chi connectivity index (χ2n) is 6.38. The van der Waals surface area contributed by atoms with Gasteiger partial charge in [0.2, 0.25) is 0 Å². The van der Waals surface area contributed by atoms with Crippen LogP contribution < -0.4 is 10.2 Å². The average molecular weight is 369 g/mol. The molecule has 3 rings (SSSR count). The minimum absolute atomic E-state index is 0.0934. The Bertz CT molecular complexity index is 891. The molecule has 1 aliphatic heterocycles. The van der Waals surface area contributed by atoms with Gasteiger partial charge in [-0.25, -0.2) is 0 Å². The summed E-state index contributed by atoms with van der Waals surface area (Å²) in [5.74, 6) is -1.45. The summed E-state index contributed by atoms with van der Waals surface area (Å²) in [6, 6.07) is 11.0. The summed E-state index contributed by atoms with van der Waals surface area (Å²) in [6.45, 7) is 1.53. The third kappa shape index (κ3) is 4.41. The minimum Gasteiger partial charge on any atom is -0.481 e. The summed E-state index contributed by atoms with van der Waals surface area (Å²) in [6.07, 6.45) is 1.83. The fourth-order valence-electron chi connectivity index (χ4n) is 3.17. The van der Waals surface area contributed by atoms with Crippen LogP contribution in [0.25, 0.3) is 0 Å². The fourth-order valence-corrected chi connectivity index (χ4v) is 3.17. The average Bonchev–Trinajstić information content (AvgIpc) is 3.15. The Balaban J connectivity index is 1.81. The number of anilines is 2. The molecule has 1 fully saturated rings. The van der Waals surface area contributed by atoms with Gasteiger partial charge in [-0.15, -0.1) is 0 Å². The van der Waals surface area contributed by atoms with Gasteiger partial charge in [0.05, 0.1) is 11.3 Å². The minimum atomic E-state index is -0.966.